The molecule has 0 aliphatic rings. The van der Waals surface area contributed by atoms with Gasteiger partial charge in [0.1, 0.15) is 0 Å². The Balaban J connectivity index is 0.000000401. The van der Waals surface area contributed by atoms with Gasteiger partial charge in [-0.05, 0) is 0 Å². The Morgan fingerprint density at radius 1 is 0.357 bits per heavy atom. The maximum absolute atomic E-state index is 4.39. The molecule has 0 aromatic heterocycles. The van der Waals surface area contributed by atoms with E-state index >= 15 is 0 Å². The minimum atomic E-state index is 0. The second-order valence-electron chi connectivity index (χ2n) is 8.29. The molecule has 0 saturated carbocycles. The summed E-state index contributed by atoms with van der Waals surface area (Å²) in [5.74, 6) is 0. The first-order valence-corrected chi connectivity index (χ1v) is 16.0. The summed E-state index contributed by atoms with van der Waals surface area (Å²) < 4.78 is 4.48. The van der Waals surface area contributed by atoms with Crippen molar-refractivity contribution in [2.24, 2.45) is 20.0 Å². The molecule has 0 spiro atoms. The quantitative estimate of drug-likeness (QED) is 0.132. The van der Waals surface area contributed by atoms with Crippen LogP contribution in [0.1, 0.15) is 22.3 Å². The summed E-state index contributed by atoms with van der Waals surface area (Å²) in [7, 11) is 0. The molecular weight excluding hydrogens is 874 g/mol. The van der Waals surface area contributed by atoms with Crippen LogP contribution < -0.4 is 17.8 Å². The molecule has 0 radical (unpaired) electrons. The van der Waals surface area contributed by atoms with Gasteiger partial charge in [0.15, 0.2) is 0 Å². The van der Waals surface area contributed by atoms with E-state index in [4.69, 9.17) is 0 Å². The number of aliphatic imine (C=N–C) groups is 4. The molecule has 42 heavy (non-hydrogen) atoms. The summed E-state index contributed by atoms with van der Waals surface area (Å²) in [5, 5.41) is 0. The summed E-state index contributed by atoms with van der Waals surface area (Å²) in [6.45, 7) is 2.78. The first kappa shape index (κ1) is 38.6. The predicted octanol–water partition coefficient (Wildman–Crippen LogP) is 1.62. The van der Waals surface area contributed by atoms with Crippen LogP contribution in [0, 0.1) is 0 Å². The molecule has 0 N–H and O–H groups in total. The molecule has 0 bridgehead atoms. The van der Waals surface area contributed by atoms with Gasteiger partial charge in [0.2, 0.25) is 0 Å². The van der Waals surface area contributed by atoms with Crippen LogP contribution in [0.5, 0.6) is 0 Å². The maximum atomic E-state index is 4.39. The molecule has 0 aliphatic carbocycles. The molecule has 10 heteroatoms. The summed E-state index contributed by atoms with van der Waals surface area (Å²) in [5.41, 5.74) is 4.46. The SMILES string of the molecule is [Ni+2].[Ni+2].[Se-]c1ccccc1C=NCCN=Cc1ccccc1[Se-].[Se-]c1ccccc1C=NCCN=Cc1ccccc1[Se-]. The van der Waals surface area contributed by atoms with Gasteiger partial charge in [-0.1, -0.05) is 0 Å². The average molecular weight is 902 g/mol. The number of benzene rings is 4. The van der Waals surface area contributed by atoms with Gasteiger partial charge in [-0.25, -0.2) is 0 Å². The van der Waals surface area contributed by atoms with Gasteiger partial charge in [-0.3, -0.25) is 0 Å². The topological polar surface area (TPSA) is 49.4 Å². The van der Waals surface area contributed by atoms with Crippen LogP contribution in [-0.4, -0.2) is 115 Å². The molecule has 4 rings (SSSR count). The second kappa shape index (κ2) is 23.1. The molecule has 0 aliphatic heterocycles. The second-order valence-corrected chi connectivity index (χ2v) is 12.0. The molecule has 0 saturated heterocycles. The average Bonchev–Trinajstić information content (AvgIpc) is 2.96. The van der Waals surface area contributed by atoms with E-state index < -0.39 is 0 Å². The Labute approximate surface area is 302 Å². The van der Waals surface area contributed by atoms with Gasteiger partial charge < -0.3 is 0 Å². The van der Waals surface area contributed by atoms with Gasteiger partial charge >= 0.3 is 305 Å². The van der Waals surface area contributed by atoms with Crippen LogP contribution in [0.3, 0.4) is 0 Å². The van der Waals surface area contributed by atoms with Gasteiger partial charge in [0.25, 0.3) is 0 Å². The summed E-state index contributed by atoms with van der Waals surface area (Å²) in [6, 6.07) is 32.4. The van der Waals surface area contributed by atoms with E-state index in [0.717, 1.165) is 40.1 Å². The van der Waals surface area contributed by atoms with E-state index in [2.05, 4.69) is 84.0 Å². The molecule has 4 aromatic rings. The standard InChI is InChI=1S/2C16H16N2Se2.2Ni/c2*19-15-7-3-1-5-13(15)11-17-9-10-18-12-14-6-2-4-8-16(14)20;;/h2*1-8,11-12,19-20H,9-10H2;;/q;;2*+2/p-4. The van der Waals surface area contributed by atoms with Crippen molar-refractivity contribution in [3.05, 3.63) is 119 Å². The van der Waals surface area contributed by atoms with Gasteiger partial charge in [-0.15, -0.1) is 0 Å². The molecule has 0 amide bonds. The van der Waals surface area contributed by atoms with Gasteiger partial charge in [-0.2, -0.15) is 0 Å². The van der Waals surface area contributed by atoms with Gasteiger partial charge in [0.05, 0.1) is 0 Å². The zero-order chi connectivity index (χ0) is 28.4. The zero-order valence-electron chi connectivity index (χ0n) is 22.4. The van der Waals surface area contributed by atoms with Gasteiger partial charge in [0, 0.05) is 0 Å². The van der Waals surface area contributed by atoms with Crippen LogP contribution in [0.2, 0.25) is 0 Å². The van der Waals surface area contributed by atoms with Crippen molar-refractivity contribution in [3.63, 3.8) is 0 Å². The summed E-state index contributed by atoms with van der Waals surface area (Å²) in [4.78, 5) is 17.6. The van der Waals surface area contributed by atoms with Crippen molar-refractivity contribution in [1.82, 2.24) is 0 Å². The minimum absolute atomic E-state index is 0. The third-order valence-electron chi connectivity index (χ3n) is 5.31. The molecule has 0 atom stereocenters. The molecule has 4 nitrogen and oxygen atoms in total. The fraction of sp³-hybridized carbons (Fsp3) is 0.125. The first-order chi connectivity index (χ1) is 19.5. The third-order valence-corrected chi connectivity index (χ3v) is 8.43. The van der Waals surface area contributed by atoms with E-state index in [1.165, 1.54) is 0 Å². The Morgan fingerprint density at radius 2 is 0.548 bits per heavy atom. The monoisotopic (exact) mass is 904 g/mol. The van der Waals surface area contributed by atoms with E-state index in [1.807, 2.05) is 122 Å². The Morgan fingerprint density at radius 3 is 0.738 bits per heavy atom. The molecular formula is C32H28N4Ni2Se4. The Hall–Kier alpha value is -1.38. The Kier molecular flexibility index (Phi) is 21.2. The fourth-order valence-corrected chi connectivity index (χ4v) is 4.90. The number of nitrogens with zero attached hydrogens (tertiary/aromatic N) is 4. The summed E-state index contributed by atoms with van der Waals surface area (Å²) in [6.07, 6.45) is 7.57. The number of rotatable bonds is 10. The van der Waals surface area contributed by atoms with Crippen molar-refractivity contribution in [2.45, 2.75) is 0 Å². The van der Waals surface area contributed by atoms with Crippen molar-refractivity contribution in [3.8, 4) is 0 Å². The fourth-order valence-electron chi connectivity index (χ4n) is 3.23. The zero-order valence-corrected chi connectivity index (χ0v) is 31.3. The van der Waals surface area contributed by atoms with Crippen LogP contribution >= 0.6 is 0 Å². The Bertz CT molecular complexity index is 1250. The van der Waals surface area contributed by atoms with E-state index in [-0.39, 0.29) is 33.0 Å². The van der Waals surface area contributed by atoms with E-state index in [1.54, 1.807) is 0 Å². The summed E-state index contributed by atoms with van der Waals surface area (Å²) >= 11 is 12.1. The molecule has 220 valence electrons. The van der Waals surface area contributed by atoms with E-state index in [0.29, 0.717) is 26.2 Å². The molecule has 0 heterocycles. The predicted molar refractivity (Wildman–Crippen MR) is 177 cm³/mol. The number of hydrogen-bond acceptors (Lipinski definition) is 4. The van der Waals surface area contributed by atoms with E-state index in [9.17, 15) is 0 Å². The number of hydrogen-bond donors (Lipinski definition) is 0. The third kappa shape index (κ3) is 14.9. The normalized spacial score (nSPS) is 10.9. The molecule has 0 fully saturated rings. The van der Waals surface area contributed by atoms with Crippen molar-refractivity contribution < 1.29 is 33.0 Å². The van der Waals surface area contributed by atoms with Crippen LogP contribution in [0.4, 0.5) is 0 Å². The van der Waals surface area contributed by atoms with Crippen LogP contribution in [0.15, 0.2) is 117 Å². The first-order valence-electron chi connectivity index (χ1n) is 12.6. The molecule has 4 aromatic carbocycles. The van der Waals surface area contributed by atoms with Crippen molar-refractivity contribution in [1.29, 1.82) is 0 Å². The van der Waals surface area contributed by atoms with Crippen LogP contribution in [-0.2, 0) is 33.0 Å². The van der Waals surface area contributed by atoms with Crippen molar-refractivity contribution in [2.75, 3.05) is 26.2 Å². The van der Waals surface area contributed by atoms with Crippen LogP contribution in [0.25, 0.3) is 0 Å². The molecule has 0 unspecified atom stereocenters. The van der Waals surface area contributed by atoms with Crippen molar-refractivity contribution >= 4 is 107 Å².